The Morgan fingerprint density at radius 3 is 2.59 bits per heavy atom. The lowest BCUT2D eigenvalue weighted by atomic mass is 10.1. The molecule has 0 saturated heterocycles. The average Bonchev–Trinajstić information content (AvgIpc) is 3.11. The number of rotatable bonds is 5. The van der Waals surface area contributed by atoms with Crippen molar-refractivity contribution in [1.29, 1.82) is 0 Å². The standard InChI is InChI=1S/C19H18N6O2/c1-12(26)13-3-6-15(7-4-13)22-19-23-18-17(20-9-10-25(18)24-19)14-5-8-16(27-2)21-11-14/h3-12,26H,1-2H3,(H,22,24). The summed E-state index contributed by atoms with van der Waals surface area (Å²) in [5, 5.41) is 17.2. The molecule has 2 N–H and O–H groups in total. The Bertz CT molecular complexity index is 1060. The molecule has 0 aliphatic carbocycles. The molecule has 8 heteroatoms. The Morgan fingerprint density at radius 2 is 1.93 bits per heavy atom. The smallest absolute Gasteiger partial charge is 0.247 e. The summed E-state index contributed by atoms with van der Waals surface area (Å²) in [7, 11) is 1.57. The van der Waals surface area contributed by atoms with Gasteiger partial charge in [-0.15, -0.1) is 5.10 Å². The normalized spacial score (nSPS) is 12.1. The molecular weight excluding hydrogens is 344 g/mol. The number of aliphatic hydroxyl groups excluding tert-OH is 1. The summed E-state index contributed by atoms with van der Waals surface area (Å²) < 4.78 is 6.76. The van der Waals surface area contributed by atoms with E-state index in [0.717, 1.165) is 16.8 Å². The first-order valence-electron chi connectivity index (χ1n) is 8.41. The number of hydrogen-bond acceptors (Lipinski definition) is 7. The van der Waals surface area contributed by atoms with Gasteiger partial charge in [-0.3, -0.25) is 4.98 Å². The van der Waals surface area contributed by atoms with Gasteiger partial charge in [0.2, 0.25) is 11.8 Å². The van der Waals surface area contributed by atoms with Crippen molar-refractivity contribution in [3.05, 3.63) is 60.6 Å². The van der Waals surface area contributed by atoms with Crippen LogP contribution in [0.25, 0.3) is 16.9 Å². The molecule has 1 aromatic carbocycles. The number of benzene rings is 1. The molecule has 3 aromatic heterocycles. The monoisotopic (exact) mass is 362 g/mol. The number of fused-ring (bicyclic) bond motifs is 1. The summed E-state index contributed by atoms with van der Waals surface area (Å²) in [6.45, 7) is 1.73. The fourth-order valence-corrected chi connectivity index (χ4v) is 2.69. The van der Waals surface area contributed by atoms with Crippen molar-refractivity contribution >= 4 is 17.3 Å². The van der Waals surface area contributed by atoms with Gasteiger partial charge >= 0.3 is 0 Å². The number of aromatic nitrogens is 5. The molecule has 136 valence electrons. The van der Waals surface area contributed by atoms with Crippen LogP contribution in [0, 0.1) is 0 Å². The largest absolute Gasteiger partial charge is 0.481 e. The maximum absolute atomic E-state index is 9.60. The first-order valence-corrected chi connectivity index (χ1v) is 8.41. The van der Waals surface area contributed by atoms with Crippen molar-refractivity contribution in [1.82, 2.24) is 24.6 Å². The second kappa shape index (κ2) is 7.00. The van der Waals surface area contributed by atoms with Crippen molar-refractivity contribution in [2.75, 3.05) is 12.4 Å². The first-order chi connectivity index (χ1) is 13.1. The zero-order valence-corrected chi connectivity index (χ0v) is 14.9. The van der Waals surface area contributed by atoms with E-state index in [1.165, 1.54) is 0 Å². The van der Waals surface area contributed by atoms with Crippen molar-refractivity contribution in [3.63, 3.8) is 0 Å². The van der Waals surface area contributed by atoms with E-state index < -0.39 is 6.10 Å². The molecular formula is C19H18N6O2. The predicted octanol–water partition coefficient (Wildman–Crippen LogP) is 2.99. The van der Waals surface area contributed by atoms with Gasteiger partial charge in [0, 0.05) is 35.9 Å². The lowest BCUT2D eigenvalue weighted by Crippen LogP contribution is -1.95. The molecule has 1 atom stereocenters. The number of pyridine rings is 1. The maximum atomic E-state index is 9.60. The van der Waals surface area contributed by atoms with Crippen LogP contribution in [0.15, 0.2) is 55.0 Å². The van der Waals surface area contributed by atoms with Gasteiger partial charge in [-0.05, 0) is 30.7 Å². The van der Waals surface area contributed by atoms with E-state index in [0.29, 0.717) is 23.2 Å². The van der Waals surface area contributed by atoms with Gasteiger partial charge in [-0.2, -0.15) is 4.98 Å². The Labute approximate surface area is 155 Å². The minimum absolute atomic E-state index is 0.454. The Morgan fingerprint density at radius 1 is 1.11 bits per heavy atom. The Kier molecular flexibility index (Phi) is 4.39. The van der Waals surface area contributed by atoms with Crippen molar-refractivity contribution < 1.29 is 9.84 Å². The molecule has 0 aliphatic rings. The number of ether oxygens (including phenoxy) is 1. The minimum Gasteiger partial charge on any atom is -0.481 e. The third-order valence-corrected chi connectivity index (χ3v) is 4.12. The highest BCUT2D eigenvalue weighted by atomic mass is 16.5. The third kappa shape index (κ3) is 3.42. The molecule has 8 nitrogen and oxygen atoms in total. The molecule has 0 saturated carbocycles. The van der Waals surface area contributed by atoms with Crippen LogP contribution in [0.1, 0.15) is 18.6 Å². The maximum Gasteiger partial charge on any atom is 0.247 e. The fourth-order valence-electron chi connectivity index (χ4n) is 2.69. The average molecular weight is 362 g/mol. The van der Waals surface area contributed by atoms with Crippen LogP contribution in [0.3, 0.4) is 0 Å². The SMILES string of the molecule is COc1ccc(-c2nccn3nc(Nc4ccc(C(C)O)cc4)nc23)cn1. The van der Waals surface area contributed by atoms with Gasteiger partial charge in [-0.1, -0.05) is 12.1 Å². The van der Waals surface area contributed by atoms with E-state index >= 15 is 0 Å². The van der Waals surface area contributed by atoms with Crippen LogP contribution in [0.5, 0.6) is 5.88 Å². The third-order valence-electron chi connectivity index (χ3n) is 4.12. The van der Waals surface area contributed by atoms with Crippen LogP contribution in [0.2, 0.25) is 0 Å². The van der Waals surface area contributed by atoms with E-state index in [-0.39, 0.29) is 0 Å². The van der Waals surface area contributed by atoms with Gasteiger partial charge in [-0.25, -0.2) is 9.50 Å². The number of nitrogens with zero attached hydrogens (tertiary/aromatic N) is 5. The zero-order chi connectivity index (χ0) is 18.8. The second-order valence-corrected chi connectivity index (χ2v) is 5.99. The van der Waals surface area contributed by atoms with Crippen molar-refractivity contribution in [2.24, 2.45) is 0 Å². The van der Waals surface area contributed by atoms with Crippen LogP contribution in [-0.4, -0.2) is 36.8 Å². The molecule has 3 heterocycles. The Hall–Kier alpha value is -3.52. The molecule has 1 unspecified atom stereocenters. The van der Waals surface area contributed by atoms with Crippen LogP contribution in [0.4, 0.5) is 11.6 Å². The highest BCUT2D eigenvalue weighted by Gasteiger charge is 2.12. The number of nitrogens with one attached hydrogen (secondary N) is 1. The van der Waals surface area contributed by atoms with E-state index in [1.807, 2.05) is 30.3 Å². The van der Waals surface area contributed by atoms with E-state index in [1.54, 1.807) is 43.2 Å². The number of anilines is 2. The van der Waals surface area contributed by atoms with Crippen molar-refractivity contribution in [3.8, 4) is 17.1 Å². The van der Waals surface area contributed by atoms with Gasteiger partial charge in [0.05, 0.1) is 13.2 Å². The summed E-state index contributed by atoms with van der Waals surface area (Å²) >= 11 is 0. The van der Waals surface area contributed by atoms with Gasteiger partial charge in [0.15, 0.2) is 5.65 Å². The van der Waals surface area contributed by atoms with Crippen LogP contribution >= 0.6 is 0 Å². The van der Waals surface area contributed by atoms with Crippen LogP contribution < -0.4 is 10.1 Å². The molecule has 0 radical (unpaired) electrons. The summed E-state index contributed by atoms with van der Waals surface area (Å²) in [5.74, 6) is 0.991. The Balaban J connectivity index is 1.65. The number of aliphatic hydroxyl groups is 1. The lowest BCUT2D eigenvalue weighted by Gasteiger charge is -2.06. The molecule has 0 fully saturated rings. The molecule has 4 rings (SSSR count). The molecule has 27 heavy (non-hydrogen) atoms. The molecule has 0 amide bonds. The molecule has 4 aromatic rings. The summed E-state index contributed by atoms with van der Waals surface area (Å²) in [5.41, 5.74) is 3.80. The van der Waals surface area contributed by atoms with Gasteiger partial charge in [0.25, 0.3) is 0 Å². The number of hydrogen-bond donors (Lipinski definition) is 2. The molecule has 0 spiro atoms. The van der Waals surface area contributed by atoms with E-state index in [2.05, 4.69) is 25.4 Å². The second-order valence-electron chi connectivity index (χ2n) is 5.99. The fraction of sp³-hybridized carbons (Fsp3) is 0.158. The minimum atomic E-state index is -0.501. The number of methoxy groups -OCH3 is 1. The first kappa shape index (κ1) is 16.9. The molecule has 0 aliphatic heterocycles. The highest BCUT2D eigenvalue weighted by molar-refractivity contribution is 5.74. The lowest BCUT2D eigenvalue weighted by molar-refractivity contribution is 0.199. The molecule has 0 bridgehead atoms. The predicted molar refractivity (Wildman–Crippen MR) is 101 cm³/mol. The van der Waals surface area contributed by atoms with E-state index in [9.17, 15) is 5.11 Å². The van der Waals surface area contributed by atoms with Crippen molar-refractivity contribution in [2.45, 2.75) is 13.0 Å². The van der Waals surface area contributed by atoms with Crippen LogP contribution in [-0.2, 0) is 0 Å². The van der Waals surface area contributed by atoms with Gasteiger partial charge < -0.3 is 15.2 Å². The van der Waals surface area contributed by atoms with E-state index in [4.69, 9.17) is 4.74 Å². The summed E-state index contributed by atoms with van der Waals surface area (Å²) in [4.78, 5) is 13.2. The highest BCUT2D eigenvalue weighted by Crippen LogP contribution is 2.24. The summed E-state index contributed by atoms with van der Waals surface area (Å²) in [6.07, 6.45) is 4.60. The zero-order valence-electron chi connectivity index (χ0n) is 14.9. The topological polar surface area (TPSA) is 97.5 Å². The van der Waals surface area contributed by atoms with Gasteiger partial charge in [0.1, 0.15) is 5.69 Å². The summed E-state index contributed by atoms with van der Waals surface area (Å²) in [6, 6.07) is 11.1. The quantitative estimate of drug-likeness (QED) is 0.563.